The molecule has 1 unspecified atom stereocenters. The van der Waals surface area contributed by atoms with Crippen molar-refractivity contribution in [2.45, 2.75) is 32.6 Å². The molecule has 0 bridgehead atoms. The van der Waals surface area contributed by atoms with Crippen molar-refractivity contribution in [2.24, 2.45) is 5.92 Å². The molecule has 1 atom stereocenters. The highest BCUT2D eigenvalue weighted by Gasteiger charge is 2.23. The summed E-state index contributed by atoms with van der Waals surface area (Å²) in [4.78, 5) is 14.7. The normalized spacial score (nSPS) is 21.9. The van der Waals surface area contributed by atoms with Gasteiger partial charge in [-0.3, -0.25) is 4.79 Å². The van der Waals surface area contributed by atoms with Gasteiger partial charge in [-0.1, -0.05) is 18.5 Å². The molecular formula is C17H22ClNO3. The molecule has 0 aliphatic carbocycles. The molecule has 0 N–H and O–H groups in total. The molecule has 0 saturated carbocycles. The van der Waals surface area contributed by atoms with Crippen molar-refractivity contribution in [1.82, 2.24) is 4.90 Å². The number of ether oxygens (including phenoxy) is 2. The molecule has 5 heteroatoms. The molecule has 22 heavy (non-hydrogen) atoms. The van der Waals surface area contributed by atoms with E-state index in [1.807, 2.05) is 4.90 Å². The maximum Gasteiger partial charge on any atom is 0.254 e. The predicted octanol–water partition coefficient (Wildman–Crippen LogP) is 3.76. The van der Waals surface area contributed by atoms with E-state index < -0.39 is 0 Å². The topological polar surface area (TPSA) is 38.8 Å². The van der Waals surface area contributed by atoms with Crippen molar-refractivity contribution in [2.75, 3.05) is 26.3 Å². The van der Waals surface area contributed by atoms with Gasteiger partial charge in [0.25, 0.3) is 5.91 Å². The number of halogens is 1. The number of fused-ring (bicyclic) bond motifs is 1. The number of carbonyl (C=O) groups excluding carboxylic acids is 1. The average Bonchev–Trinajstić information content (AvgIpc) is 2.87. The SMILES string of the molecule is CC1CCCN(C(=O)c2cc(Cl)c3c(c2)OCCCO3)CC1. The minimum Gasteiger partial charge on any atom is -0.489 e. The third-order valence-corrected chi connectivity index (χ3v) is 4.63. The van der Waals surface area contributed by atoms with Crippen LogP contribution >= 0.6 is 11.6 Å². The van der Waals surface area contributed by atoms with Gasteiger partial charge in [0.05, 0.1) is 18.2 Å². The van der Waals surface area contributed by atoms with Crippen LogP contribution in [0.2, 0.25) is 5.02 Å². The summed E-state index contributed by atoms with van der Waals surface area (Å²) >= 11 is 6.28. The first-order chi connectivity index (χ1) is 10.6. The molecule has 3 rings (SSSR count). The van der Waals surface area contributed by atoms with E-state index in [4.69, 9.17) is 21.1 Å². The van der Waals surface area contributed by atoms with Crippen LogP contribution in [0.1, 0.15) is 43.0 Å². The zero-order valence-corrected chi connectivity index (χ0v) is 13.7. The number of rotatable bonds is 1. The molecule has 0 aromatic heterocycles. The lowest BCUT2D eigenvalue weighted by atomic mass is 10.0. The first-order valence-corrected chi connectivity index (χ1v) is 8.41. The molecule has 2 aliphatic rings. The van der Waals surface area contributed by atoms with Crippen molar-refractivity contribution in [3.8, 4) is 11.5 Å². The van der Waals surface area contributed by atoms with Gasteiger partial charge in [0.1, 0.15) is 0 Å². The lowest BCUT2D eigenvalue weighted by Crippen LogP contribution is -2.32. The van der Waals surface area contributed by atoms with Gasteiger partial charge in [-0.25, -0.2) is 0 Å². The van der Waals surface area contributed by atoms with Crippen LogP contribution in [-0.4, -0.2) is 37.1 Å². The molecule has 120 valence electrons. The van der Waals surface area contributed by atoms with Gasteiger partial charge < -0.3 is 14.4 Å². The smallest absolute Gasteiger partial charge is 0.254 e. The van der Waals surface area contributed by atoms with Gasteiger partial charge in [-0.15, -0.1) is 0 Å². The molecule has 2 aliphatic heterocycles. The minimum absolute atomic E-state index is 0.0339. The standard InChI is InChI=1S/C17H22ClNO3/c1-12-4-2-6-19(7-5-12)17(20)13-10-14(18)16-15(11-13)21-8-3-9-22-16/h10-12H,2-9H2,1H3. The van der Waals surface area contributed by atoms with Gasteiger partial charge in [-0.05, 0) is 37.3 Å². The van der Waals surface area contributed by atoms with E-state index in [2.05, 4.69) is 6.92 Å². The van der Waals surface area contributed by atoms with Crippen LogP contribution in [-0.2, 0) is 0 Å². The van der Waals surface area contributed by atoms with E-state index >= 15 is 0 Å². The van der Waals surface area contributed by atoms with Gasteiger partial charge in [0.15, 0.2) is 11.5 Å². The Morgan fingerprint density at radius 3 is 2.86 bits per heavy atom. The zero-order valence-electron chi connectivity index (χ0n) is 12.9. The fourth-order valence-electron chi connectivity index (χ4n) is 3.00. The van der Waals surface area contributed by atoms with E-state index in [1.54, 1.807) is 12.1 Å². The highest BCUT2D eigenvalue weighted by molar-refractivity contribution is 6.32. The predicted molar refractivity (Wildman–Crippen MR) is 86.0 cm³/mol. The van der Waals surface area contributed by atoms with E-state index in [-0.39, 0.29) is 5.91 Å². The van der Waals surface area contributed by atoms with E-state index in [9.17, 15) is 4.79 Å². The summed E-state index contributed by atoms with van der Waals surface area (Å²) < 4.78 is 11.3. The Balaban J connectivity index is 1.83. The van der Waals surface area contributed by atoms with Crippen molar-refractivity contribution < 1.29 is 14.3 Å². The summed E-state index contributed by atoms with van der Waals surface area (Å²) in [5.41, 5.74) is 0.587. The summed E-state index contributed by atoms with van der Waals surface area (Å²) in [6, 6.07) is 3.47. The van der Waals surface area contributed by atoms with Crippen LogP contribution in [0.4, 0.5) is 0 Å². The number of hydrogen-bond donors (Lipinski definition) is 0. The fraction of sp³-hybridized carbons (Fsp3) is 0.588. The number of nitrogens with zero attached hydrogens (tertiary/aromatic N) is 1. The Morgan fingerprint density at radius 2 is 2.00 bits per heavy atom. The molecule has 0 spiro atoms. The van der Waals surface area contributed by atoms with Crippen LogP contribution < -0.4 is 9.47 Å². The van der Waals surface area contributed by atoms with Crippen molar-refractivity contribution in [3.63, 3.8) is 0 Å². The molecule has 0 radical (unpaired) electrons. The van der Waals surface area contributed by atoms with Crippen molar-refractivity contribution >= 4 is 17.5 Å². The molecule has 4 nitrogen and oxygen atoms in total. The third kappa shape index (κ3) is 3.32. The minimum atomic E-state index is 0.0339. The van der Waals surface area contributed by atoms with Crippen LogP contribution in [0.5, 0.6) is 11.5 Å². The molecule has 1 amide bonds. The number of amides is 1. The maximum absolute atomic E-state index is 12.8. The second-order valence-electron chi connectivity index (χ2n) is 6.16. The van der Waals surface area contributed by atoms with E-state index in [0.717, 1.165) is 32.4 Å². The lowest BCUT2D eigenvalue weighted by Gasteiger charge is -2.21. The second-order valence-corrected chi connectivity index (χ2v) is 6.57. The second kappa shape index (κ2) is 6.78. The number of carbonyl (C=O) groups is 1. The zero-order chi connectivity index (χ0) is 15.5. The third-order valence-electron chi connectivity index (χ3n) is 4.35. The first kappa shape index (κ1) is 15.5. The quantitative estimate of drug-likeness (QED) is 0.789. The van der Waals surface area contributed by atoms with Crippen molar-refractivity contribution in [1.29, 1.82) is 0 Å². The summed E-state index contributed by atoms with van der Waals surface area (Å²) in [5.74, 6) is 1.86. The molecule has 1 fully saturated rings. The Bertz CT molecular complexity index is 561. The summed E-state index contributed by atoms with van der Waals surface area (Å²) in [6.07, 6.45) is 4.12. The lowest BCUT2D eigenvalue weighted by molar-refractivity contribution is 0.0760. The van der Waals surface area contributed by atoms with Crippen LogP contribution in [0.15, 0.2) is 12.1 Å². The van der Waals surface area contributed by atoms with Gasteiger partial charge >= 0.3 is 0 Å². The Labute approximate surface area is 136 Å². The summed E-state index contributed by atoms with van der Waals surface area (Å²) in [7, 11) is 0. The largest absolute Gasteiger partial charge is 0.489 e. The Hall–Kier alpha value is -1.42. The Kier molecular flexibility index (Phi) is 4.77. The first-order valence-electron chi connectivity index (χ1n) is 8.03. The molecular weight excluding hydrogens is 302 g/mol. The summed E-state index contributed by atoms with van der Waals surface area (Å²) in [5, 5.41) is 0.450. The highest BCUT2D eigenvalue weighted by atomic mass is 35.5. The summed E-state index contributed by atoms with van der Waals surface area (Å²) in [6.45, 7) is 5.05. The highest BCUT2D eigenvalue weighted by Crippen LogP contribution is 2.38. The molecule has 1 saturated heterocycles. The Morgan fingerprint density at radius 1 is 1.18 bits per heavy atom. The van der Waals surface area contributed by atoms with Gasteiger partial charge in [0, 0.05) is 25.1 Å². The molecule has 1 aromatic carbocycles. The number of benzene rings is 1. The van der Waals surface area contributed by atoms with Crippen LogP contribution in [0.3, 0.4) is 0 Å². The molecule has 2 heterocycles. The van der Waals surface area contributed by atoms with Crippen molar-refractivity contribution in [3.05, 3.63) is 22.7 Å². The fourth-order valence-corrected chi connectivity index (χ4v) is 3.27. The van der Waals surface area contributed by atoms with Crippen LogP contribution in [0.25, 0.3) is 0 Å². The van der Waals surface area contributed by atoms with Crippen LogP contribution in [0, 0.1) is 5.92 Å². The maximum atomic E-state index is 12.8. The van der Waals surface area contributed by atoms with E-state index in [0.29, 0.717) is 41.2 Å². The number of hydrogen-bond acceptors (Lipinski definition) is 3. The van der Waals surface area contributed by atoms with Gasteiger partial charge in [0.2, 0.25) is 0 Å². The average molecular weight is 324 g/mol. The monoisotopic (exact) mass is 323 g/mol. The van der Waals surface area contributed by atoms with Gasteiger partial charge in [-0.2, -0.15) is 0 Å². The number of likely N-dealkylation sites (tertiary alicyclic amines) is 1. The molecule has 1 aromatic rings. The van der Waals surface area contributed by atoms with E-state index in [1.165, 1.54) is 6.42 Å².